The van der Waals surface area contributed by atoms with E-state index in [9.17, 15) is 9.59 Å². The van der Waals surface area contributed by atoms with E-state index in [1.807, 2.05) is 53.3 Å². The van der Waals surface area contributed by atoms with Crippen LogP contribution in [-0.2, 0) is 17.9 Å². The van der Waals surface area contributed by atoms with E-state index in [0.717, 1.165) is 28.6 Å². The van der Waals surface area contributed by atoms with Crippen LogP contribution in [0.5, 0.6) is 0 Å². The molecule has 2 amide bonds. The topological polar surface area (TPSA) is 54.3 Å². The molecule has 5 rings (SSSR count). The molecule has 0 unspecified atom stereocenters. The van der Waals surface area contributed by atoms with Gasteiger partial charge in [-0.2, -0.15) is 0 Å². The molecule has 1 aliphatic heterocycles. The van der Waals surface area contributed by atoms with Gasteiger partial charge < -0.3 is 14.8 Å². The zero-order chi connectivity index (χ0) is 23.3. The van der Waals surface area contributed by atoms with Gasteiger partial charge in [0.05, 0.1) is 16.8 Å². The molecule has 0 bridgehead atoms. The quantitative estimate of drug-likeness (QED) is 0.516. The number of carbonyl (C=O) groups excluding carboxylic acids is 2. The van der Waals surface area contributed by atoms with Crippen molar-refractivity contribution in [1.29, 1.82) is 0 Å². The highest BCUT2D eigenvalue weighted by Gasteiger charge is 2.48. The summed E-state index contributed by atoms with van der Waals surface area (Å²) in [4.78, 5) is 29.5. The fourth-order valence-electron chi connectivity index (χ4n) is 5.43. The van der Waals surface area contributed by atoms with Gasteiger partial charge in [0.1, 0.15) is 11.2 Å². The molecular weight excluding hydrogens is 454 g/mol. The van der Waals surface area contributed by atoms with Crippen molar-refractivity contribution in [3.63, 3.8) is 0 Å². The molecule has 2 aliphatic rings. The van der Waals surface area contributed by atoms with Crippen molar-refractivity contribution in [1.82, 2.24) is 14.8 Å². The molecule has 2 aromatic heterocycles. The van der Waals surface area contributed by atoms with E-state index in [-0.39, 0.29) is 24.4 Å². The molecule has 0 spiro atoms. The van der Waals surface area contributed by atoms with Gasteiger partial charge in [0, 0.05) is 17.6 Å². The van der Waals surface area contributed by atoms with Crippen molar-refractivity contribution in [3.05, 3.63) is 58.1 Å². The maximum Gasteiger partial charge on any atom is 0.271 e. The monoisotopic (exact) mass is 483 g/mol. The van der Waals surface area contributed by atoms with Crippen LogP contribution in [0.4, 0.5) is 0 Å². The van der Waals surface area contributed by atoms with E-state index >= 15 is 0 Å². The van der Waals surface area contributed by atoms with Gasteiger partial charge in [-0.05, 0) is 54.3 Å². The van der Waals surface area contributed by atoms with Gasteiger partial charge in [-0.3, -0.25) is 9.59 Å². The van der Waals surface area contributed by atoms with Crippen LogP contribution in [-0.4, -0.2) is 32.9 Å². The predicted molar refractivity (Wildman–Crippen MR) is 134 cm³/mol. The molecule has 1 N–H and O–H groups in total. The maximum absolute atomic E-state index is 13.9. The zero-order valence-electron chi connectivity index (χ0n) is 19.3. The molecule has 7 heteroatoms. The van der Waals surface area contributed by atoms with Crippen molar-refractivity contribution >= 4 is 45.0 Å². The Labute approximate surface area is 203 Å². The Kier molecular flexibility index (Phi) is 5.78. The number of carbonyl (C=O) groups is 2. The molecule has 3 heterocycles. The van der Waals surface area contributed by atoms with Gasteiger partial charge in [0.2, 0.25) is 5.91 Å². The number of halogens is 1. The van der Waals surface area contributed by atoms with Crippen LogP contribution < -0.4 is 5.32 Å². The Bertz CT molecular complexity index is 1220. The minimum absolute atomic E-state index is 0.0865. The molecule has 33 heavy (non-hydrogen) atoms. The smallest absolute Gasteiger partial charge is 0.271 e. The van der Waals surface area contributed by atoms with Crippen molar-refractivity contribution in [2.45, 2.75) is 64.7 Å². The van der Waals surface area contributed by atoms with E-state index < -0.39 is 5.54 Å². The highest BCUT2D eigenvalue weighted by Crippen LogP contribution is 2.37. The second kappa shape index (κ2) is 8.48. The molecule has 1 aliphatic carbocycles. The number of fused-ring (bicyclic) bond motifs is 3. The van der Waals surface area contributed by atoms with E-state index in [4.69, 9.17) is 11.6 Å². The Morgan fingerprint density at radius 3 is 2.82 bits per heavy atom. The van der Waals surface area contributed by atoms with Crippen molar-refractivity contribution in [3.8, 4) is 0 Å². The van der Waals surface area contributed by atoms with Gasteiger partial charge in [-0.25, -0.2) is 0 Å². The molecule has 0 radical (unpaired) electrons. The van der Waals surface area contributed by atoms with E-state index in [2.05, 4.69) is 19.2 Å². The van der Waals surface area contributed by atoms with Gasteiger partial charge in [-0.1, -0.05) is 56.5 Å². The van der Waals surface area contributed by atoms with Crippen LogP contribution in [0.1, 0.15) is 56.1 Å². The number of amides is 2. The molecule has 1 fully saturated rings. The third-order valence-electron chi connectivity index (χ3n) is 7.85. The number of nitrogens with one attached hydrogen (secondary N) is 1. The van der Waals surface area contributed by atoms with Gasteiger partial charge in [0.25, 0.3) is 5.91 Å². The van der Waals surface area contributed by atoms with E-state index in [1.54, 1.807) is 16.2 Å². The number of rotatable bonds is 4. The van der Waals surface area contributed by atoms with E-state index in [1.165, 1.54) is 6.42 Å². The standard InChI is InChI=1S/C26H30ClN3O2S/c1-16-7-6-10-20(17(16)2)28-25(32)26(3)15-29-21-11-12-33-23(21)13-22(29)24(31)30(26)14-18-8-4-5-9-19(18)27/h4-5,8-9,11-13,16-17,20H,6-7,10,14-15H2,1-3H3,(H,28,32)/t16-,17-,20+,26+/m1/s1. The van der Waals surface area contributed by atoms with Crippen LogP contribution in [0.2, 0.25) is 5.02 Å². The third-order valence-corrected chi connectivity index (χ3v) is 9.07. The average Bonchev–Trinajstić information content (AvgIpc) is 3.38. The summed E-state index contributed by atoms with van der Waals surface area (Å²) in [5, 5.41) is 5.98. The van der Waals surface area contributed by atoms with Crippen molar-refractivity contribution < 1.29 is 9.59 Å². The summed E-state index contributed by atoms with van der Waals surface area (Å²) in [6.45, 7) is 7.09. The molecule has 4 atom stereocenters. The first-order valence-corrected chi connectivity index (χ1v) is 13.0. The van der Waals surface area contributed by atoms with Crippen LogP contribution in [0, 0.1) is 11.8 Å². The fourth-order valence-corrected chi connectivity index (χ4v) is 6.45. The molecular formula is C26H30ClN3O2S. The largest absolute Gasteiger partial charge is 0.351 e. The molecule has 1 saturated carbocycles. The second-order valence-electron chi connectivity index (χ2n) is 9.89. The highest BCUT2D eigenvalue weighted by atomic mass is 35.5. The van der Waals surface area contributed by atoms with Gasteiger partial charge in [-0.15, -0.1) is 11.3 Å². The summed E-state index contributed by atoms with van der Waals surface area (Å²) in [5.74, 6) is 0.766. The Morgan fingerprint density at radius 1 is 1.24 bits per heavy atom. The maximum atomic E-state index is 13.9. The van der Waals surface area contributed by atoms with Crippen LogP contribution in [0.3, 0.4) is 0 Å². The van der Waals surface area contributed by atoms with Crippen LogP contribution in [0.25, 0.3) is 10.2 Å². The summed E-state index contributed by atoms with van der Waals surface area (Å²) >= 11 is 8.07. The third kappa shape index (κ3) is 3.77. The first kappa shape index (κ1) is 22.5. The van der Waals surface area contributed by atoms with Gasteiger partial charge >= 0.3 is 0 Å². The first-order chi connectivity index (χ1) is 15.8. The normalized spacial score (nSPS) is 27.6. The lowest BCUT2D eigenvalue weighted by atomic mass is 9.77. The summed E-state index contributed by atoms with van der Waals surface area (Å²) in [5.41, 5.74) is 1.46. The summed E-state index contributed by atoms with van der Waals surface area (Å²) in [6, 6.07) is 11.6. The lowest BCUT2D eigenvalue weighted by Gasteiger charge is -2.45. The van der Waals surface area contributed by atoms with E-state index in [0.29, 0.717) is 29.1 Å². The molecule has 5 nitrogen and oxygen atoms in total. The lowest BCUT2D eigenvalue weighted by Crippen LogP contribution is -2.65. The first-order valence-electron chi connectivity index (χ1n) is 11.7. The number of hydrogen-bond acceptors (Lipinski definition) is 3. The second-order valence-corrected chi connectivity index (χ2v) is 11.2. The number of thiophene rings is 1. The summed E-state index contributed by atoms with van der Waals surface area (Å²) in [7, 11) is 0. The van der Waals surface area contributed by atoms with Gasteiger partial charge in [0.15, 0.2) is 0 Å². The summed E-state index contributed by atoms with van der Waals surface area (Å²) < 4.78 is 3.08. The predicted octanol–water partition coefficient (Wildman–Crippen LogP) is 5.71. The lowest BCUT2D eigenvalue weighted by molar-refractivity contribution is -0.134. The van der Waals surface area contributed by atoms with Crippen molar-refractivity contribution in [2.75, 3.05) is 0 Å². The average molecular weight is 484 g/mol. The Balaban J connectivity index is 1.54. The SMILES string of the molecule is C[C@@H]1[C@H](C)CCC[C@@H]1NC(=O)[C@]1(C)Cn2c(cc3sccc32)C(=O)N1Cc1ccccc1Cl. The fraction of sp³-hybridized carbons (Fsp3) is 0.462. The Morgan fingerprint density at radius 2 is 2.03 bits per heavy atom. The number of nitrogens with zero attached hydrogens (tertiary/aromatic N) is 2. The van der Waals surface area contributed by atoms with Crippen molar-refractivity contribution in [2.24, 2.45) is 11.8 Å². The molecule has 3 aromatic rings. The highest BCUT2D eigenvalue weighted by molar-refractivity contribution is 7.17. The number of hydrogen-bond donors (Lipinski definition) is 1. The minimum Gasteiger partial charge on any atom is -0.351 e. The van der Waals surface area contributed by atoms with Crippen LogP contribution >= 0.6 is 22.9 Å². The Hall–Kier alpha value is -2.31. The molecule has 1 aromatic carbocycles. The number of aromatic nitrogens is 1. The molecule has 0 saturated heterocycles. The number of benzene rings is 1. The van der Waals surface area contributed by atoms with Crippen LogP contribution in [0.15, 0.2) is 41.8 Å². The zero-order valence-corrected chi connectivity index (χ0v) is 20.9. The summed E-state index contributed by atoms with van der Waals surface area (Å²) in [6.07, 6.45) is 3.30. The molecule has 174 valence electrons. The minimum atomic E-state index is -1.03.